The molecule has 2 N–H and O–H groups in total. The van der Waals surface area contributed by atoms with E-state index in [0.29, 0.717) is 23.3 Å². The quantitative estimate of drug-likeness (QED) is 0.921. The Balaban J connectivity index is 2.43. The minimum absolute atomic E-state index is 0.303. The van der Waals surface area contributed by atoms with Crippen molar-refractivity contribution in [1.29, 1.82) is 0 Å². The van der Waals surface area contributed by atoms with Crippen LogP contribution < -0.4 is 5.73 Å². The van der Waals surface area contributed by atoms with Crippen molar-refractivity contribution in [3.8, 4) is 0 Å². The van der Waals surface area contributed by atoms with Crippen molar-refractivity contribution in [3.05, 3.63) is 30.1 Å². The van der Waals surface area contributed by atoms with Crippen LogP contribution in [-0.2, 0) is 6.54 Å². The first kappa shape index (κ1) is 15.2. The number of para-hydroxylation sites is 2. The summed E-state index contributed by atoms with van der Waals surface area (Å²) in [6.45, 7) is -1.06. The van der Waals surface area contributed by atoms with Crippen molar-refractivity contribution in [1.82, 2.24) is 9.55 Å². The average molecular weight is 303 g/mol. The molecule has 0 aliphatic carbocycles. The average Bonchev–Trinajstić information content (AvgIpc) is 2.73. The van der Waals surface area contributed by atoms with E-state index in [9.17, 15) is 13.2 Å². The van der Waals surface area contributed by atoms with Gasteiger partial charge in [-0.15, -0.1) is 0 Å². The third-order valence-electron chi connectivity index (χ3n) is 2.99. The number of nitrogens with zero attached hydrogens (tertiary/aromatic N) is 2. The van der Waals surface area contributed by atoms with Gasteiger partial charge in [0.1, 0.15) is 12.4 Å². The number of fused-ring (bicyclic) bond motifs is 1. The van der Waals surface area contributed by atoms with Gasteiger partial charge >= 0.3 is 6.18 Å². The van der Waals surface area contributed by atoms with Crippen LogP contribution in [0.25, 0.3) is 11.0 Å². The predicted octanol–water partition coefficient (Wildman–Crippen LogP) is 3.35. The van der Waals surface area contributed by atoms with E-state index in [1.807, 2.05) is 6.26 Å². The van der Waals surface area contributed by atoms with Crippen LogP contribution >= 0.6 is 11.8 Å². The lowest BCUT2D eigenvalue weighted by molar-refractivity contribution is -0.140. The Bertz CT molecular complexity index is 580. The maximum absolute atomic E-state index is 12.7. The number of halogens is 3. The van der Waals surface area contributed by atoms with Crippen molar-refractivity contribution in [2.75, 3.05) is 12.0 Å². The Morgan fingerprint density at radius 1 is 1.35 bits per heavy atom. The Labute approximate surface area is 119 Å². The van der Waals surface area contributed by atoms with Gasteiger partial charge in [-0.05, 0) is 30.6 Å². The first-order valence-electron chi connectivity index (χ1n) is 6.19. The SMILES string of the molecule is CSCCC(N)c1nc2ccccc2n1CC(F)(F)F. The lowest BCUT2D eigenvalue weighted by Crippen LogP contribution is -2.23. The molecule has 0 saturated heterocycles. The van der Waals surface area contributed by atoms with Crippen LogP contribution in [-0.4, -0.2) is 27.7 Å². The number of thioether (sulfide) groups is 1. The molecule has 0 fully saturated rings. The number of benzene rings is 1. The lowest BCUT2D eigenvalue weighted by Gasteiger charge is -2.15. The summed E-state index contributed by atoms with van der Waals surface area (Å²) in [4.78, 5) is 4.28. The lowest BCUT2D eigenvalue weighted by atomic mass is 10.2. The summed E-state index contributed by atoms with van der Waals surface area (Å²) < 4.78 is 39.4. The molecule has 1 aromatic carbocycles. The third kappa shape index (κ3) is 3.46. The van der Waals surface area contributed by atoms with Crippen LogP contribution in [0.2, 0.25) is 0 Å². The Morgan fingerprint density at radius 3 is 2.70 bits per heavy atom. The van der Waals surface area contributed by atoms with E-state index in [0.717, 1.165) is 5.75 Å². The zero-order valence-electron chi connectivity index (χ0n) is 11.0. The van der Waals surface area contributed by atoms with E-state index >= 15 is 0 Å². The van der Waals surface area contributed by atoms with Gasteiger partial charge in [0.25, 0.3) is 0 Å². The molecule has 0 spiro atoms. The van der Waals surface area contributed by atoms with Gasteiger partial charge in [0.15, 0.2) is 0 Å². The maximum Gasteiger partial charge on any atom is 0.406 e. The van der Waals surface area contributed by atoms with E-state index in [2.05, 4.69) is 4.98 Å². The molecule has 0 saturated carbocycles. The molecule has 0 amide bonds. The summed E-state index contributed by atoms with van der Waals surface area (Å²) >= 11 is 1.61. The summed E-state index contributed by atoms with van der Waals surface area (Å²) in [5.41, 5.74) is 7.02. The summed E-state index contributed by atoms with van der Waals surface area (Å²) in [6.07, 6.45) is -1.76. The molecule has 1 atom stereocenters. The molecule has 7 heteroatoms. The molecule has 0 aliphatic heterocycles. The summed E-state index contributed by atoms with van der Waals surface area (Å²) in [5.74, 6) is 1.09. The van der Waals surface area contributed by atoms with Crippen LogP contribution in [0, 0.1) is 0 Å². The molecular formula is C13H16F3N3S. The maximum atomic E-state index is 12.7. The second kappa shape index (κ2) is 6.05. The summed E-state index contributed by atoms with van der Waals surface area (Å²) in [6, 6.07) is 6.31. The van der Waals surface area contributed by atoms with Gasteiger partial charge in [0.2, 0.25) is 0 Å². The number of nitrogens with two attached hydrogens (primary N) is 1. The first-order valence-corrected chi connectivity index (χ1v) is 7.58. The predicted molar refractivity (Wildman–Crippen MR) is 75.7 cm³/mol. The highest BCUT2D eigenvalue weighted by molar-refractivity contribution is 7.98. The molecule has 0 radical (unpaired) electrons. The molecule has 1 heterocycles. The second-order valence-corrected chi connectivity index (χ2v) is 5.53. The highest BCUT2D eigenvalue weighted by Crippen LogP contribution is 2.26. The number of alkyl halides is 3. The minimum atomic E-state index is -4.29. The molecule has 0 aliphatic rings. The number of aromatic nitrogens is 2. The Hall–Kier alpha value is -1.21. The van der Waals surface area contributed by atoms with E-state index in [1.165, 1.54) is 4.57 Å². The van der Waals surface area contributed by atoms with Gasteiger partial charge in [-0.3, -0.25) is 0 Å². The molecule has 0 bridgehead atoms. The molecule has 1 unspecified atom stereocenters. The van der Waals surface area contributed by atoms with Crippen LogP contribution in [0.1, 0.15) is 18.3 Å². The van der Waals surface area contributed by atoms with Gasteiger partial charge < -0.3 is 10.3 Å². The van der Waals surface area contributed by atoms with Gasteiger partial charge in [-0.2, -0.15) is 24.9 Å². The Morgan fingerprint density at radius 2 is 2.05 bits per heavy atom. The molecule has 3 nitrogen and oxygen atoms in total. The van der Waals surface area contributed by atoms with Crippen molar-refractivity contribution < 1.29 is 13.2 Å². The van der Waals surface area contributed by atoms with Gasteiger partial charge in [0, 0.05) is 0 Å². The van der Waals surface area contributed by atoms with Crippen molar-refractivity contribution in [3.63, 3.8) is 0 Å². The van der Waals surface area contributed by atoms with Gasteiger partial charge in [0.05, 0.1) is 17.1 Å². The molecule has 2 rings (SSSR count). The molecule has 110 valence electrons. The number of rotatable bonds is 5. The van der Waals surface area contributed by atoms with E-state index < -0.39 is 18.8 Å². The van der Waals surface area contributed by atoms with Crippen molar-refractivity contribution in [2.24, 2.45) is 5.73 Å². The topological polar surface area (TPSA) is 43.8 Å². The van der Waals surface area contributed by atoms with Crippen LogP contribution in [0.3, 0.4) is 0 Å². The third-order valence-corrected chi connectivity index (χ3v) is 3.63. The second-order valence-electron chi connectivity index (χ2n) is 4.55. The zero-order chi connectivity index (χ0) is 14.8. The first-order chi connectivity index (χ1) is 9.42. The largest absolute Gasteiger partial charge is 0.406 e. The number of hydrogen-bond acceptors (Lipinski definition) is 3. The fourth-order valence-corrected chi connectivity index (χ4v) is 2.59. The van der Waals surface area contributed by atoms with E-state index in [1.54, 1.807) is 36.0 Å². The van der Waals surface area contributed by atoms with Gasteiger partial charge in [-0.1, -0.05) is 12.1 Å². The van der Waals surface area contributed by atoms with E-state index in [4.69, 9.17) is 5.73 Å². The molecular weight excluding hydrogens is 287 g/mol. The van der Waals surface area contributed by atoms with Crippen molar-refractivity contribution in [2.45, 2.75) is 25.2 Å². The van der Waals surface area contributed by atoms with Crippen LogP contribution in [0.15, 0.2) is 24.3 Å². The standard InChI is InChI=1S/C13H16F3N3S/c1-20-7-6-9(17)12-18-10-4-2-3-5-11(10)19(12)8-13(14,15)16/h2-5,9H,6-8,17H2,1H3. The van der Waals surface area contributed by atoms with Gasteiger partial charge in [-0.25, -0.2) is 4.98 Å². The molecule has 1 aromatic heterocycles. The minimum Gasteiger partial charge on any atom is -0.321 e. The van der Waals surface area contributed by atoms with E-state index in [-0.39, 0.29) is 0 Å². The Kier molecular flexibility index (Phi) is 4.59. The summed E-state index contributed by atoms with van der Waals surface area (Å²) in [5, 5.41) is 0. The smallest absolute Gasteiger partial charge is 0.321 e. The normalized spacial score (nSPS) is 13.8. The molecule has 2 aromatic rings. The highest BCUT2D eigenvalue weighted by Gasteiger charge is 2.31. The van der Waals surface area contributed by atoms with Crippen molar-refractivity contribution >= 4 is 22.8 Å². The number of imidazole rings is 1. The number of hydrogen-bond donors (Lipinski definition) is 1. The fourth-order valence-electron chi connectivity index (χ4n) is 2.10. The highest BCUT2D eigenvalue weighted by atomic mass is 32.2. The van der Waals surface area contributed by atoms with Crippen LogP contribution in [0.5, 0.6) is 0 Å². The van der Waals surface area contributed by atoms with Crippen LogP contribution in [0.4, 0.5) is 13.2 Å². The monoisotopic (exact) mass is 303 g/mol. The fraction of sp³-hybridized carbons (Fsp3) is 0.462. The summed E-state index contributed by atoms with van der Waals surface area (Å²) in [7, 11) is 0. The molecule has 20 heavy (non-hydrogen) atoms. The zero-order valence-corrected chi connectivity index (χ0v) is 11.8.